The number of aryl methyl sites for hydroxylation is 3. The molecule has 0 spiro atoms. The first-order valence-corrected chi connectivity index (χ1v) is 5.96. The van der Waals surface area contributed by atoms with Gasteiger partial charge in [0.15, 0.2) is 0 Å². The lowest BCUT2D eigenvalue weighted by Gasteiger charge is -2.08. The maximum Gasteiger partial charge on any atom is 0.259 e. The van der Waals surface area contributed by atoms with Crippen molar-refractivity contribution < 1.29 is 4.79 Å². The molecule has 0 aliphatic heterocycles. The number of anilines is 1. The van der Waals surface area contributed by atoms with Gasteiger partial charge in [0.2, 0.25) is 0 Å². The average molecular weight is 264 g/mol. The predicted octanol–water partition coefficient (Wildman–Crippen LogP) is 3.24. The molecule has 0 aliphatic carbocycles. The maximum atomic E-state index is 12.2. The van der Waals surface area contributed by atoms with Crippen LogP contribution in [-0.4, -0.2) is 16.1 Å². The molecule has 0 unspecified atom stereocenters. The van der Waals surface area contributed by atoms with Crippen molar-refractivity contribution in [2.75, 3.05) is 5.32 Å². The number of carbonyl (C=O) groups is 1. The van der Waals surface area contributed by atoms with E-state index in [1.807, 2.05) is 19.9 Å². The van der Waals surface area contributed by atoms with Crippen molar-refractivity contribution in [2.45, 2.75) is 20.8 Å². The molecule has 0 atom stereocenters. The SMILES string of the molecule is Cc1ccc(Cl)cc1NC(=O)c1c(C)n[nH]c1C. The Morgan fingerprint density at radius 3 is 2.67 bits per heavy atom. The summed E-state index contributed by atoms with van der Waals surface area (Å²) in [6.07, 6.45) is 0. The summed E-state index contributed by atoms with van der Waals surface area (Å²) in [5, 5.41) is 10.2. The molecule has 2 N–H and O–H groups in total. The van der Waals surface area contributed by atoms with Gasteiger partial charge in [-0.1, -0.05) is 17.7 Å². The molecule has 0 radical (unpaired) electrons. The molecule has 2 rings (SSSR count). The smallest absolute Gasteiger partial charge is 0.259 e. The van der Waals surface area contributed by atoms with Crippen LogP contribution < -0.4 is 5.32 Å². The molecule has 0 saturated heterocycles. The van der Waals surface area contributed by atoms with Crippen molar-refractivity contribution in [1.82, 2.24) is 10.2 Å². The Bertz CT molecular complexity index is 585. The Kier molecular flexibility index (Phi) is 3.39. The van der Waals surface area contributed by atoms with Crippen LogP contribution in [0.3, 0.4) is 0 Å². The summed E-state index contributed by atoms with van der Waals surface area (Å²) in [5.74, 6) is -0.177. The fourth-order valence-corrected chi connectivity index (χ4v) is 1.97. The number of H-pyrrole nitrogens is 1. The quantitative estimate of drug-likeness (QED) is 0.874. The Balaban J connectivity index is 2.30. The first-order chi connectivity index (χ1) is 8.49. The molecule has 18 heavy (non-hydrogen) atoms. The van der Waals surface area contributed by atoms with E-state index < -0.39 is 0 Å². The molecule has 2 aromatic rings. The number of halogens is 1. The van der Waals surface area contributed by atoms with Gasteiger partial charge in [-0.2, -0.15) is 5.10 Å². The summed E-state index contributed by atoms with van der Waals surface area (Å²) >= 11 is 5.92. The lowest BCUT2D eigenvalue weighted by atomic mass is 10.1. The monoisotopic (exact) mass is 263 g/mol. The van der Waals surface area contributed by atoms with Crippen LogP contribution >= 0.6 is 11.6 Å². The summed E-state index contributed by atoms with van der Waals surface area (Å²) in [6.45, 7) is 5.53. The molecule has 0 fully saturated rings. The highest BCUT2D eigenvalue weighted by Gasteiger charge is 2.16. The standard InChI is InChI=1S/C13H14ClN3O/c1-7-4-5-10(14)6-11(7)15-13(18)12-8(2)16-17-9(12)3/h4-6H,1-3H3,(H,15,18)(H,16,17). The van der Waals surface area contributed by atoms with Gasteiger partial charge < -0.3 is 5.32 Å². The highest BCUT2D eigenvalue weighted by molar-refractivity contribution is 6.31. The van der Waals surface area contributed by atoms with Gasteiger partial charge in [-0.05, 0) is 38.5 Å². The topological polar surface area (TPSA) is 57.8 Å². The Labute approximate surface area is 110 Å². The maximum absolute atomic E-state index is 12.2. The summed E-state index contributed by atoms with van der Waals surface area (Å²) in [7, 11) is 0. The van der Waals surface area contributed by atoms with E-state index >= 15 is 0 Å². The summed E-state index contributed by atoms with van der Waals surface area (Å²) < 4.78 is 0. The van der Waals surface area contributed by atoms with Crippen LogP contribution in [0.1, 0.15) is 27.3 Å². The van der Waals surface area contributed by atoms with E-state index in [0.29, 0.717) is 22.0 Å². The van der Waals surface area contributed by atoms with Crippen molar-refractivity contribution in [3.05, 3.63) is 45.7 Å². The third-order valence-electron chi connectivity index (χ3n) is 2.80. The molecule has 94 valence electrons. The minimum atomic E-state index is -0.177. The van der Waals surface area contributed by atoms with Crippen LogP contribution in [0.4, 0.5) is 5.69 Å². The second kappa shape index (κ2) is 4.82. The van der Waals surface area contributed by atoms with E-state index in [0.717, 1.165) is 11.3 Å². The van der Waals surface area contributed by atoms with E-state index in [9.17, 15) is 4.79 Å². The van der Waals surface area contributed by atoms with Crippen LogP contribution in [0, 0.1) is 20.8 Å². The average Bonchev–Trinajstić information content (AvgIpc) is 2.63. The molecular weight excluding hydrogens is 250 g/mol. The van der Waals surface area contributed by atoms with Crippen LogP contribution in [0.15, 0.2) is 18.2 Å². The highest BCUT2D eigenvalue weighted by atomic mass is 35.5. The minimum Gasteiger partial charge on any atom is -0.322 e. The van der Waals surface area contributed by atoms with Crippen molar-refractivity contribution in [3.63, 3.8) is 0 Å². The third kappa shape index (κ3) is 2.38. The number of hydrogen-bond donors (Lipinski definition) is 2. The van der Waals surface area contributed by atoms with E-state index in [2.05, 4.69) is 15.5 Å². The largest absolute Gasteiger partial charge is 0.322 e. The number of aromatic amines is 1. The number of rotatable bonds is 2. The first kappa shape index (κ1) is 12.6. The number of nitrogens with one attached hydrogen (secondary N) is 2. The van der Waals surface area contributed by atoms with E-state index in [1.54, 1.807) is 19.1 Å². The molecule has 0 bridgehead atoms. The van der Waals surface area contributed by atoms with Gasteiger partial charge in [0, 0.05) is 16.4 Å². The van der Waals surface area contributed by atoms with Crippen molar-refractivity contribution in [2.24, 2.45) is 0 Å². The molecule has 4 nitrogen and oxygen atoms in total. The van der Waals surface area contributed by atoms with Crippen LogP contribution in [-0.2, 0) is 0 Å². The molecule has 1 heterocycles. The van der Waals surface area contributed by atoms with Crippen LogP contribution in [0.25, 0.3) is 0 Å². The van der Waals surface area contributed by atoms with Crippen molar-refractivity contribution >= 4 is 23.2 Å². The fraction of sp³-hybridized carbons (Fsp3) is 0.231. The molecular formula is C13H14ClN3O. The molecule has 0 aliphatic rings. The highest BCUT2D eigenvalue weighted by Crippen LogP contribution is 2.21. The number of amides is 1. The Morgan fingerprint density at radius 1 is 1.33 bits per heavy atom. The Hall–Kier alpha value is -1.81. The number of hydrogen-bond acceptors (Lipinski definition) is 2. The molecule has 1 aromatic carbocycles. The molecule has 0 saturated carbocycles. The van der Waals surface area contributed by atoms with Crippen molar-refractivity contribution in [1.29, 1.82) is 0 Å². The molecule has 5 heteroatoms. The normalized spacial score (nSPS) is 10.4. The van der Waals surface area contributed by atoms with Gasteiger partial charge in [0.1, 0.15) is 0 Å². The lowest BCUT2D eigenvalue weighted by molar-refractivity contribution is 0.102. The van der Waals surface area contributed by atoms with Crippen molar-refractivity contribution in [3.8, 4) is 0 Å². The lowest BCUT2D eigenvalue weighted by Crippen LogP contribution is -2.14. The predicted molar refractivity (Wildman–Crippen MR) is 72.2 cm³/mol. The second-order valence-corrected chi connectivity index (χ2v) is 4.66. The Morgan fingerprint density at radius 2 is 2.06 bits per heavy atom. The van der Waals surface area contributed by atoms with Gasteiger partial charge in [0.25, 0.3) is 5.91 Å². The van der Waals surface area contributed by atoms with E-state index in [4.69, 9.17) is 11.6 Å². The fourth-order valence-electron chi connectivity index (χ4n) is 1.80. The molecule has 1 aromatic heterocycles. The van der Waals surface area contributed by atoms with E-state index in [1.165, 1.54) is 0 Å². The third-order valence-corrected chi connectivity index (χ3v) is 3.04. The van der Waals surface area contributed by atoms with Gasteiger partial charge in [-0.3, -0.25) is 9.89 Å². The van der Waals surface area contributed by atoms with Crippen LogP contribution in [0.2, 0.25) is 5.02 Å². The van der Waals surface area contributed by atoms with Gasteiger partial charge >= 0.3 is 0 Å². The number of aromatic nitrogens is 2. The van der Waals surface area contributed by atoms with E-state index in [-0.39, 0.29) is 5.91 Å². The number of carbonyl (C=O) groups excluding carboxylic acids is 1. The zero-order valence-electron chi connectivity index (χ0n) is 10.5. The summed E-state index contributed by atoms with van der Waals surface area (Å²) in [5.41, 5.74) is 3.70. The summed E-state index contributed by atoms with van der Waals surface area (Å²) in [6, 6.07) is 5.40. The zero-order valence-corrected chi connectivity index (χ0v) is 11.2. The van der Waals surface area contributed by atoms with Gasteiger partial charge in [0.05, 0.1) is 11.3 Å². The van der Waals surface area contributed by atoms with Gasteiger partial charge in [-0.15, -0.1) is 0 Å². The minimum absolute atomic E-state index is 0.177. The zero-order chi connectivity index (χ0) is 13.3. The number of benzene rings is 1. The number of nitrogens with zero attached hydrogens (tertiary/aromatic N) is 1. The van der Waals surface area contributed by atoms with Gasteiger partial charge in [-0.25, -0.2) is 0 Å². The van der Waals surface area contributed by atoms with Crippen LogP contribution in [0.5, 0.6) is 0 Å². The first-order valence-electron chi connectivity index (χ1n) is 5.58. The summed E-state index contributed by atoms with van der Waals surface area (Å²) in [4.78, 5) is 12.2. The molecule has 1 amide bonds. The second-order valence-electron chi connectivity index (χ2n) is 4.22.